The van der Waals surface area contributed by atoms with E-state index < -0.39 is 15.6 Å². The molecule has 1 rings (SSSR count). The summed E-state index contributed by atoms with van der Waals surface area (Å²) in [6.07, 6.45) is 0.435. The highest BCUT2D eigenvalue weighted by Crippen LogP contribution is 2.06. The van der Waals surface area contributed by atoms with Crippen molar-refractivity contribution in [3.8, 4) is 0 Å². The molecule has 0 aromatic heterocycles. The van der Waals surface area contributed by atoms with Crippen LogP contribution in [-0.4, -0.2) is 25.5 Å². The van der Waals surface area contributed by atoms with E-state index in [4.69, 9.17) is 11.1 Å². The maximum absolute atomic E-state index is 11.9. The van der Waals surface area contributed by atoms with Crippen LogP contribution >= 0.6 is 0 Å². The van der Waals surface area contributed by atoms with Gasteiger partial charge in [-0.05, 0) is 25.8 Å². The lowest BCUT2D eigenvalue weighted by molar-refractivity contribution is 0.541. The molecule has 18 heavy (non-hydrogen) atoms. The summed E-state index contributed by atoms with van der Waals surface area (Å²) in [5.74, 6) is -0.223. The minimum atomic E-state index is -3.45. The van der Waals surface area contributed by atoms with Crippen molar-refractivity contribution in [2.45, 2.75) is 25.8 Å². The van der Waals surface area contributed by atoms with Crippen molar-refractivity contribution >= 4 is 15.9 Å². The number of amidine groups is 1. The summed E-state index contributed by atoms with van der Waals surface area (Å²) in [5.41, 5.74) is 5.26. The minimum Gasteiger partial charge on any atom is -0.386 e. The van der Waals surface area contributed by atoms with Gasteiger partial charge >= 0.3 is 0 Å². The second-order valence-electron chi connectivity index (χ2n) is 4.70. The van der Waals surface area contributed by atoms with Crippen LogP contribution < -0.4 is 10.5 Å². The molecule has 0 spiro atoms. The van der Waals surface area contributed by atoms with Crippen LogP contribution in [-0.2, 0) is 16.4 Å². The molecule has 0 aliphatic carbocycles. The van der Waals surface area contributed by atoms with Gasteiger partial charge in [-0.1, -0.05) is 30.3 Å². The molecule has 1 aromatic carbocycles. The quantitative estimate of drug-likeness (QED) is 0.528. The molecule has 0 aliphatic heterocycles. The first-order chi connectivity index (χ1) is 8.23. The van der Waals surface area contributed by atoms with E-state index in [9.17, 15) is 8.42 Å². The summed E-state index contributed by atoms with van der Waals surface area (Å²) in [5, 5.41) is 7.32. The predicted octanol–water partition coefficient (Wildman–Crippen LogP) is 0.863. The van der Waals surface area contributed by atoms with Crippen LogP contribution in [0, 0.1) is 5.41 Å². The zero-order valence-corrected chi connectivity index (χ0v) is 11.4. The molecule has 0 amide bonds. The van der Waals surface area contributed by atoms with E-state index in [0.29, 0.717) is 6.42 Å². The summed E-state index contributed by atoms with van der Waals surface area (Å²) >= 11 is 0. The van der Waals surface area contributed by atoms with Gasteiger partial charge in [0.25, 0.3) is 0 Å². The SMILES string of the molecule is CC(C)(NS(=O)(=O)CCc1ccccc1)C(=N)N. The van der Waals surface area contributed by atoms with Crippen LogP contribution in [0.25, 0.3) is 0 Å². The monoisotopic (exact) mass is 269 g/mol. The predicted molar refractivity (Wildman–Crippen MR) is 73.1 cm³/mol. The van der Waals surface area contributed by atoms with Gasteiger partial charge in [0.1, 0.15) is 5.84 Å². The minimum absolute atomic E-state index is 0.0201. The van der Waals surface area contributed by atoms with Gasteiger partial charge in [-0.25, -0.2) is 13.1 Å². The van der Waals surface area contributed by atoms with E-state index in [1.165, 1.54) is 0 Å². The first-order valence-corrected chi connectivity index (χ1v) is 7.28. The molecular weight excluding hydrogens is 250 g/mol. The highest BCUT2D eigenvalue weighted by Gasteiger charge is 2.27. The first-order valence-electron chi connectivity index (χ1n) is 5.63. The number of sulfonamides is 1. The van der Waals surface area contributed by atoms with Gasteiger partial charge in [0, 0.05) is 0 Å². The van der Waals surface area contributed by atoms with Gasteiger partial charge in [0.15, 0.2) is 0 Å². The molecule has 5 nitrogen and oxygen atoms in total. The fourth-order valence-corrected chi connectivity index (χ4v) is 2.89. The average Bonchev–Trinajstić information content (AvgIpc) is 2.26. The zero-order chi connectivity index (χ0) is 13.8. The van der Waals surface area contributed by atoms with Crippen LogP contribution in [0.2, 0.25) is 0 Å². The number of rotatable bonds is 6. The van der Waals surface area contributed by atoms with Gasteiger partial charge in [0.05, 0.1) is 11.3 Å². The Morgan fingerprint density at radius 3 is 2.39 bits per heavy atom. The van der Waals surface area contributed by atoms with E-state index in [1.54, 1.807) is 13.8 Å². The molecule has 0 aliphatic rings. The van der Waals surface area contributed by atoms with E-state index in [-0.39, 0.29) is 11.6 Å². The summed E-state index contributed by atoms with van der Waals surface area (Å²) < 4.78 is 26.1. The summed E-state index contributed by atoms with van der Waals surface area (Å²) in [4.78, 5) is 0. The van der Waals surface area contributed by atoms with Gasteiger partial charge in [0.2, 0.25) is 10.0 Å². The zero-order valence-electron chi connectivity index (χ0n) is 10.6. The molecule has 0 heterocycles. The van der Waals surface area contributed by atoms with Crippen molar-refractivity contribution in [1.82, 2.24) is 4.72 Å². The van der Waals surface area contributed by atoms with Crippen molar-refractivity contribution in [2.75, 3.05) is 5.75 Å². The lowest BCUT2D eigenvalue weighted by Gasteiger charge is -2.24. The van der Waals surface area contributed by atoms with Crippen molar-refractivity contribution in [3.63, 3.8) is 0 Å². The van der Waals surface area contributed by atoms with Crippen LogP contribution in [0.1, 0.15) is 19.4 Å². The Hall–Kier alpha value is -1.40. The Morgan fingerprint density at radius 2 is 1.89 bits per heavy atom. The van der Waals surface area contributed by atoms with E-state index in [0.717, 1.165) is 5.56 Å². The van der Waals surface area contributed by atoms with Crippen molar-refractivity contribution in [2.24, 2.45) is 5.73 Å². The molecule has 0 bridgehead atoms. The second kappa shape index (κ2) is 5.49. The third-order valence-electron chi connectivity index (χ3n) is 2.59. The molecule has 0 saturated carbocycles. The van der Waals surface area contributed by atoms with Crippen molar-refractivity contribution in [3.05, 3.63) is 35.9 Å². The molecular formula is C12H19N3O2S. The number of hydrogen-bond donors (Lipinski definition) is 3. The topological polar surface area (TPSA) is 96.0 Å². The summed E-state index contributed by atoms with van der Waals surface area (Å²) in [6.45, 7) is 3.13. The van der Waals surface area contributed by atoms with Gasteiger partial charge < -0.3 is 5.73 Å². The molecule has 0 saturated heterocycles. The number of nitrogens with one attached hydrogen (secondary N) is 2. The standard InChI is InChI=1S/C12H19N3O2S/c1-12(2,11(13)14)15-18(16,17)9-8-10-6-4-3-5-7-10/h3-7,15H,8-9H2,1-2H3,(H3,13,14). The average molecular weight is 269 g/mol. The Kier molecular flexibility index (Phi) is 4.48. The van der Waals surface area contributed by atoms with Gasteiger partial charge in [-0.2, -0.15) is 0 Å². The molecule has 4 N–H and O–H groups in total. The Labute approximate surface area is 108 Å². The normalized spacial score (nSPS) is 12.3. The smallest absolute Gasteiger partial charge is 0.212 e. The third-order valence-corrected chi connectivity index (χ3v) is 4.15. The number of benzene rings is 1. The molecule has 1 aromatic rings. The van der Waals surface area contributed by atoms with E-state index >= 15 is 0 Å². The number of hydrogen-bond acceptors (Lipinski definition) is 3. The molecule has 0 unspecified atom stereocenters. The Morgan fingerprint density at radius 1 is 1.33 bits per heavy atom. The lowest BCUT2D eigenvalue weighted by atomic mass is 10.1. The maximum atomic E-state index is 11.9. The lowest BCUT2D eigenvalue weighted by Crippen LogP contribution is -2.53. The Bertz CT molecular complexity index is 509. The Balaban J connectivity index is 2.64. The molecule has 0 fully saturated rings. The first kappa shape index (κ1) is 14.7. The molecule has 0 atom stereocenters. The van der Waals surface area contributed by atoms with Gasteiger partial charge in [-0.15, -0.1) is 0 Å². The largest absolute Gasteiger partial charge is 0.386 e. The van der Waals surface area contributed by atoms with Crippen LogP contribution in [0.4, 0.5) is 0 Å². The van der Waals surface area contributed by atoms with Gasteiger partial charge in [-0.3, -0.25) is 5.41 Å². The van der Waals surface area contributed by atoms with Crippen LogP contribution in [0.15, 0.2) is 30.3 Å². The number of aryl methyl sites for hydroxylation is 1. The van der Waals surface area contributed by atoms with Crippen LogP contribution in [0.3, 0.4) is 0 Å². The van der Waals surface area contributed by atoms with Crippen molar-refractivity contribution in [1.29, 1.82) is 5.41 Å². The van der Waals surface area contributed by atoms with Crippen LogP contribution in [0.5, 0.6) is 0 Å². The summed E-state index contributed by atoms with van der Waals surface area (Å²) in [6, 6.07) is 9.39. The highest BCUT2D eigenvalue weighted by molar-refractivity contribution is 7.89. The third kappa shape index (κ3) is 4.46. The maximum Gasteiger partial charge on any atom is 0.212 e. The fraction of sp³-hybridized carbons (Fsp3) is 0.417. The molecule has 0 radical (unpaired) electrons. The highest BCUT2D eigenvalue weighted by atomic mass is 32.2. The molecule has 6 heteroatoms. The second-order valence-corrected chi connectivity index (χ2v) is 6.54. The molecule has 100 valence electrons. The fourth-order valence-electron chi connectivity index (χ4n) is 1.39. The van der Waals surface area contributed by atoms with Crippen molar-refractivity contribution < 1.29 is 8.42 Å². The van der Waals surface area contributed by atoms with E-state index in [1.807, 2.05) is 30.3 Å². The van der Waals surface area contributed by atoms with E-state index in [2.05, 4.69) is 4.72 Å². The summed E-state index contributed by atoms with van der Waals surface area (Å²) in [7, 11) is -3.45. The number of nitrogens with two attached hydrogens (primary N) is 1.